The fourth-order valence-electron chi connectivity index (χ4n) is 4.56. The summed E-state index contributed by atoms with van der Waals surface area (Å²) >= 11 is 6.24. The minimum atomic E-state index is 0.295. The Morgan fingerprint density at radius 1 is 1.29 bits per heavy atom. The number of nitrogens with zero attached hydrogens (tertiary/aromatic N) is 3. The van der Waals surface area contributed by atoms with E-state index in [1.807, 2.05) is 6.92 Å². The van der Waals surface area contributed by atoms with E-state index >= 15 is 0 Å². The van der Waals surface area contributed by atoms with Crippen LogP contribution in [-0.4, -0.2) is 14.8 Å². The van der Waals surface area contributed by atoms with E-state index in [1.165, 1.54) is 19.3 Å². The molecule has 2 aliphatic rings. The van der Waals surface area contributed by atoms with E-state index in [2.05, 4.69) is 35.5 Å². The van der Waals surface area contributed by atoms with E-state index in [1.54, 1.807) is 0 Å². The van der Waals surface area contributed by atoms with Gasteiger partial charge in [0.15, 0.2) is 0 Å². The molecule has 2 saturated carbocycles. The maximum atomic E-state index is 6.24. The molecule has 1 aromatic heterocycles. The molecule has 0 aliphatic heterocycles. The first-order valence-electron chi connectivity index (χ1n) is 6.43. The predicted molar refractivity (Wildman–Crippen MR) is 68.0 cm³/mol. The lowest BCUT2D eigenvalue weighted by Crippen LogP contribution is -2.37. The van der Waals surface area contributed by atoms with E-state index in [0.717, 1.165) is 11.7 Å². The largest absolute Gasteiger partial charge is 0.298 e. The summed E-state index contributed by atoms with van der Waals surface area (Å²) in [6, 6.07) is 0.441. The summed E-state index contributed by atoms with van der Waals surface area (Å²) in [5, 5.41) is 8.69. The zero-order valence-corrected chi connectivity index (χ0v) is 11.8. The van der Waals surface area contributed by atoms with Gasteiger partial charge in [-0.15, -0.1) is 10.2 Å². The summed E-state index contributed by atoms with van der Waals surface area (Å²) < 4.78 is 2.17. The summed E-state index contributed by atoms with van der Waals surface area (Å²) in [6.45, 7) is 9.16. The molecule has 0 amide bonds. The molecule has 1 heterocycles. The topological polar surface area (TPSA) is 30.7 Å². The average Bonchev–Trinajstić information content (AvgIpc) is 2.81. The monoisotopic (exact) mass is 253 g/mol. The molecule has 2 fully saturated rings. The van der Waals surface area contributed by atoms with Crippen molar-refractivity contribution in [2.75, 3.05) is 0 Å². The molecule has 0 radical (unpaired) electrons. The van der Waals surface area contributed by atoms with Crippen LogP contribution in [0.3, 0.4) is 0 Å². The first-order valence-corrected chi connectivity index (χ1v) is 6.81. The zero-order chi connectivity index (χ0) is 12.4. The standard InChI is InChI=1S/C13H20ClN3/c1-8-15-16-11(14)17(8)10-12(2,3)9-5-6-13(10,4)7-9/h9-10H,5-7H2,1-4H3. The molecule has 1 aromatic rings. The maximum absolute atomic E-state index is 6.24. The van der Waals surface area contributed by atoms with Gasteiger partial charge in [0.25, 0.3) is 0 Å². The predicted octanol–water partition coefficient (Wildman–Crippen LogP) is 3.63. The minimum absolute atomic E-state index is 0.295. The van der Waals surface area contributed by atoms with Gasteiger partial charge in [-0.05, 0) is 54.5 Å². The zero-order valence-electron chi connectivity index (χ0n) is 11.0. The lowest BCUT2D eigenvalue weighted by Gasteiger charge is -2.43. The van der Waals surface area contributed by atoms with Gasteiger partial charge in [-0.3, -0.25) is 4.57 Å². The van der Waals surface area contributed by atoms with Crippen LogP contribution in [0.15, 0.2) is 0 Å². The Morgan fingerprint density at radius 2 is 2.00 bits per heavy atom. The third-order valence-electron chi connectivity index (χ3n) is 5.28. The Kier molecular flexibility index (Phi) is 2.20. The molecule has 94 valence electrons. The highest BCUT2D eigenvalue weighted by Crippen LogP contribution is 2.68. The van der Waals surface area contributed by atoms with E-state index in [4.69, 9.17) is 11.6 Å². The van der Waals surface area contributed by atoms with Crippen molar-refractivity contribution in [1.82, 2.24) is 14.8 Å². The van der Waals surface area contributed by atoms with Crippen LogP contribution < -0.4 is 0 Å². The number of aryl methyl sites for hydroxylation is 1. The van der Waals surface area contributed by atoms with Crippen molar-refractivity contribution in [1.29, 1.82) is 0 Å². The quantitative estimate of drug-likeness (QED) is 0.765. The van der Waals surface area contributed by atoms with Crippen LogP contribution in [0.2, 0.25) is 5.28 Å². The van der Waals surface area contributed by atoms with E-state index < -0.39 is 0 Å². The van der Waals surface area contributed by atoms with E-state index in [9.17, 15) is 0 Å². The van der Waals surface area contributed by atoms with Crippen molar-refractivity contribution in [3.05, 3.63) is 11.1 Å². The smallest absolute Gasteiger partial charge is 0.225 e. The number of hydrogen-bond donors (Lipinski definition) is 0. The SMILES string of the molecule is Cc1nnc(Cl)n1C1C2(C)CCC(C2)C1(C)C. The number of rotatable bonds is 1. The number of halogens is 1. The van der Waals surface area contributed by atoms with Crippen molar-refractivity contribution in [2.45, 2.75) is 53.0 Å². The summed E-state index contributed by atoms with van der Waals surface area (Å²) in [6.07, 6.45) is 3.98. The molecule has 0 spiro atoms. The van der Waals surface area contributed by atoms with Crippen molar-refractivity contribution in [2.24, 2.45) is 16.7 Å². The molecule has 2 bridgehead atoms. The van der Waals surface area contributed by atoms with Gasteiger partial charge in [0.05, 0.1) is 0 Å². The summed E-state index contributed by atoms with van der Waals surface area (Å²) in [7, 11) is 0. The number of fused-ring (bicyclic) bond motifs is 2. The van der Waals surface area contributed by atoms with Crippen molar-refractivity contribution in [3.8, 4) is 0 Å². The van der Waals surface area contributed by atoms with Crippen LogP contribution in [0.4, 0.5) is 0 Å². The first-order chi connectivity index (χ1) is 7.86. The van der Waals surface area contributed by atoms with Crippen LogP contribution in [0.25, 0.3) is 0 Å². The van der Waals surface area contributed by atoms with E-state index in [-0.39, 0.29) is 0 Å². The molecule has 3 unspecified atom stereocenters. The minimum Gasteiger partial charge on any atom is -0.298 e. The van der Waals surface area contributed by atoms with Crippen LogP contribution in [-0.2, 0) is 0 Å². The van der Waals surface area contributed by atoms with Gasteiger partial charge >= 0.3 is 0 Å². The van der Waals surface area contributed by atoms with Gasteiger partial charge in [-0.1, -0.05) is 20.8 Å². The van der Waals surface area contributed by atoms with Crippen LogP contribution in [0.5, 0.6) is 0 Å². The van der Waals surface area contributed by atoms with Crippen molar-refractivity contribution in [3.63, 3.8) is 0 Å². The van der Waals surface area contributed by atoms with Gasteiger partial charge in [0, 0.05) is 6.04 Å². The lowest BCUT2D eigenvalue weighted by atomic mass is 9.68. The Balaban J connectivity index is 2.14. The Hall–Kier alpha value is -0.570. The molecule has 3 atom stereocenters. The molecule has 3 rings (SSSR count). The Morgan fingerprint density at radius 3 is 2.47 bits per heavy atom. The molecule has 4 heteroatoms. The summed E-state index contributed by atoms with van der Waals surface area (Å²) in [5.41, 5.74) is 0.661. The molecule has 17 heavy (non-hydrogen) atoms. The molecule has 3 nitrogen and oxygen atoms in total. The number of hydrogen-bond acceptors (Lipinski definition) is 2. The van der Waals surface area contributed by atoms with Crippen LogP contribution in [0.1, 0.15) is 51.9 Å². The molecule has 0 aromatic carbocycles. The normalized spacial score (nSPS) is 38.9. The highest BCUT2D eigenvalue weighted by Gasteiger charge is 2.60. The van der Waals surface area contributed by atoms with Crippen molar-refractivity contribution < 1.29 is 0 Å². The molecular weight excluding hydrogens is 234 g/mol. The Labute approximate surface area is 108 Å². The third-order valence-corrected chi connectivity index (χ3v) is 5.53. The highest BCUT2D eigenvalue weighted by molar-refractivity contribution is 6.28. The molecule has 0 N–H and O–H groups in total. The number of aromatic nitrogens is 3. The lowest BCUT2D eigenvalue weighted by molar-refractivity contribution is 0.0817. The molecule has 0 saturated heterocycles. The second kappa shape index (κ2) is 3.25. The maximum Gasteiger partial charge on any atom is 0.225 e. The second-order valence-corrected chi connectivity index (χ2v) is 7.04. The first kappa shape index (κ1) is 11.5. The van der Waals surface area contributed by atoms with Gasteiger partial charge in [-0.2, -0.15) is 0 Å². The molecule has 2 aliphatic carbocycles. The highest BCUT2D eigenvalue weighted by atomic mass is 35.5. The Bertz CT molecular complexity index is 441. The summed E-state index contributed by atoms with van der Waals surface area (Å²) in [5.74, 6) is 1.76. The third kappa shape index (κ3) is 1.35. The van der Waals surface area contributed by atoms with Crippen molar-refractivity contribution >= 4 is 11.6 Å². The fourth-order valence-corrected chi connectivity index (χ4v) is 4.81. The van der Waals surface area contributed by atoms with Gasteiger partial charge in [-0.25, -0.2) is 0 Å². The average molecular weight is 254 g/mol. The summed E-state index contributed by atoms with van der Waals surface area (Å²) in [4.78, 5) is 0. The van der Waals surface area contributed by atoms with Crippen LogP contribution in [0, 0.1) is 23.7 Å². The fraction of sp³-hybridized carbons (Fsp3) is 0.846. The second-order valence-electron chi connectivity index (χ2n) is 6.70. The van der Waals surface area contributed by atoms with Gasteiger partial charge < -0.3 is 0 Å². The van der Waals surface area contributed by atoms with Gasteiger partial charge in [0.1, 0.15) is 5.82 Å². The van der Waals surface area contributed by atoms with Crippen LogP contribution >= 0.6 is 11.6 Å². The van der Waals surface area contributed by atoms with Gasteiger partial charge in [0.2, 0.25) is 5.28 Å². The van der Waals surface area contributed by atoms with E-state index in [0.29, 0.717) is 22.2 Å². The molecular formula is C13H20ClN3.